The summed E-state index contributed by atoms with van der Waals surface area (Å²) in [7, 11) is 0. The second-order valence-corrected chi connectivity index (χ2v) is 5.33. The molecule has 1 aliphatic rings. The molecule has 1 saturated carbocycles. The van der Waals surface area contributed by atoms with Crippen molar-refractivity contribution < 1.29 is 14.3 Å². The molecule has 0 heterocycles. The topological polar surface area (TPSA) is 49.3 Å². The first-order valence-electron chi connectivity index (χ1n) is 6.83. The van der Waals surface area contributed by atoms with E-state index in [2.05, 4.69) is 12.2 Å². The number of benzene rings is 1. The van der Waals surface area contributed by atoms with Gasteiger partial charge in [0.05, 0.1) is 5.56 Å². The molecule has 0 aliphatic heterocycles. The van der Waals surface area contributed by atoms with Crippen LogP contribution in [0, 0.1) is 11.7 Å². The number of carboxylic acids is 1. The first-order chi connectivity index (χ1) is 9.08. The number of nitrogens with one attached hydrogen (secondary N) is 1. The zero-order valence-corrected chi connectivity index (χ0v) is 11.2. The predicted molar refractivity (Wildman–Crippen MR) is 71.6 cm³/mol. The van der Waals surface area contributed by atoms with Crippen LogP contribution in [-0.4, -0.2) is 17.1 Å². The first-order valence-corrected chi connectivity index (χ1v) is 6.83. The number of aromatic carboxylic acids is 1. The van der Waals surface area contributed by atoms with E-state index in [1.165, 1.54) is 43.9 Å². The van der Waals surface area contributed by atoms with Gasteiger partial charge < -0.3 is 10.4 Å². The molecule has 1 aliphatic carbocycles. The van der Waals surface area contributed by atoms with E-state index in [1.54, 1.807) is 0 Å². The fraction of sp³-hybridized carbons (Fsp3) is 0.533. The summed E-state index contributed by atoms with van der Waals surface area (Å²) in [5.74, 6) is -0.716. The highest BCUT2D eigenvalue weighted by Gasteiger charge is 2.21. The Kier molecular flexibility index (Phi) is 4.53. The van der Waals surface area contributed by atoms with Crippen molar-refractivity contribution >= 4 is 5.97 Å². The van der Waals surface area contributed by atoms with Crippen molar-refractivity contribution in [1.82, 2.24) is 5.32 Å². The fourth-order valence-electron chi connectivity index (χ4n) is 2.74. The standard InChI is InChI=1S/C15H20FNO2/c1-10(11-4-2-3-5-11)17-9-13-8-12(15(18)19)6-7-14(13)16/h6-8,10-11,17H,2-5,9H2,1H3,(H,18,19)/t10-/m0/s1. The molecule has 0 amide bonds. The van der Waals surface area contributed by atoms with Gasteiger partial charge in [-0.15, -0.1) is 0 Å². The van der Waals surface area contributed by atoms with Crippen LogP contribution in [0.1, 0.15) is 48.5 Å². The highest BCUT2D eigenvalue weighted by Crippen LogP contribution is 2.27. The lowest BCUT2D eigenvalue weighted by molar-refractivity contribution is 0.0696. The molecule has 19 heavy (non-hydrogen) atoms. The molecule has 1 aromatic carbocycles. The molecule has 0 saturated heterocycles. The Morgan fingerprint density at radius 2 is 2.16 bits per heavy atom. The third-order valence-corrected chi connectivity index (χ3v) is 4.01. The van der Waals surface area contributed by atoms with E-state index in [-0.39, 0.29) is 11.4 Å². The maximum Gasteiger partial charge on any atom is 0.335 e. The second kappa shape index (κ2) is 6.15. The van der Waals surface area contributed by atoms with E-state index in [0.29, 0.717) is 24.1 Å². The van der Waals surface area contributed by atoms with Crippen molar-refractivity contribution in [3.63, 3.8) is 0 Å². The van der Waals surface area contributed by atoms with Gasteiger partial charge in [-0.3, -0.25) is 0 Å². The number of carboxylic acid groups (broad SMARTS) is 1. The van der Waals surface area contributed by atoms with Crippen molar-refractivity contribution in [3.8, 4) is 0 Å². The second-order valence-electron chi connectivity index (χ2n) is 5.33. The average Bonchev–Trinajstić information content (AvgIpc) is 2.91. The molecule has 1 fully saturated rings. The molecular formula is C15H20FNO2. The predicted octanol–water partition coefficient (Wildman–Crippen LogP) is 3.19. The fourth-order valence-corrected chi connectivity index (χ4v) is 2.74. The summed E-state index contributed by atoms with van der Waals surface area (Å²) >= 11 is 0. The van der Waals surface area contributed by atoms with E-state index < -0.39 is 5.97 Å². The lowest BCUT2D eigenvalue weighted by Gasteiger charge is -2.20. The van der Waals surface area contributed by atoms with Crippen molar-refractivity contribution in [2.45, 2.75) is 45.2 Å². The Labute approximate surface area is 112 Å². The number of hydrogen-bond donors (Lipinski definition) is 2. The van der Waals surface area contributed by atoms with Crippen molar-refractivity contribution in [1.29, 1.82) is 0 Å². The maximum atomic E-state index is 13.6. The van der Waals surface area contributed by atoms with Gasteiger partial charge >= 0.3 is 5.97 Å². The Bertz CT molecular complexity index is 455. The van der Waals surface area contributed by atoms with E-state index in [0.717, 1.165) is 0 Å². The van der Waals surface area contributed by atoms with Crippen molar-refractivity contribution in [3.05, 3.63) is 35.1 Å². The van der Waals surface area contributed by atoms with Gasteiger partial charge in [-0.1, -0.05) is 12.8 Å². The van der Waals surface area contributed by atoms with Crippen molar-refractivity contribution in [2.24, 2.45) is 5.92 Å². The molecule has 4 heteroatoms. The summed E-state index contributed by atoms with van der Waals surface area (Å²) in [5, 5.41) is 12.2. The highest BCUT2D eigenvalue weighted by molar-refractivity contribution is 5.87. The molecule has 0 unspecified atom stereocenters. The summed E-state index contributed by atoms with van der Waals surface area (Å²) in [6.45, 7) is 2.50. The number of carbonyl (C=O) groups is 1. The van der Waals surface area contributed by atoms with E-state index in [1.807, 2.05) is 0 Å². The van der Waals surface area contributed by atoms with Crippen LogP contribution >= 0.6 is 0 Å². The van der Waals surface area contributed by atoms with Gasteiger partial charge in [0.15, 0.2) is 0 Å². The van der Waals surface area contributed by atoms with Crippen LogP contribution in [0.15, 0.2) is 18.2 Å². The van der Waals surface area contributed by atoms with Crippen LogP contribution in [0.4, 0.5) is 4.39 Å². The Morgan fingerprint density at radius 1 is 1.47 bits per heavy atom. The first kappa shape index (κ1) is 14.0. The number of halogens is 1. The lowest BCUT2D eigenvalue weighted by Crippen LogP contribution is -2.32. The summed E-state index contributed by atoms with van der Waals surface area (Å²) in [6.07, 6.45) is 5.01. The van der Waals surface area contributed by atoms with Gasteiger partial charge in [0.2, 0.25) is 0 Å². The van der Waals surface area contributed by atoms with Gasteiger partial charge in [-0.2, -0.15) is 0 Å². The molecule has 2 rings (SSSR count). The average molecular weight is 265 g/mol. The normalized spacial score (nSPS) is 17.6. The number of rotatable bonds is 5. The van der Waals surface area contributed by atoms with Crippen LogP contribution in [0.5, 0.6) is 0 Å². The van der Waals surface area contributed by atoms with Crippen molar-refractivity contribution in [2.75, 3.05) is 0 Å². The SMILES string of the molecule is C[C@H](NCc1cc(C(=O)O)ccc1F)C1CCCC1. The summed E-state index contributed by atoms with van der Waals surface area (Å²) < 4.78 is 13.6. The Balaban J connectivity index is 1.98. The van der Waals surface area contributed by atoms with E-state index >= 15 is 0 Å². The van der Waals surface area contributed by atoms with Gasteiger partial charge in [-0.25, -0.2) is 9.18 Å². The molecular weight excluding hydrogens is 245 g/mol. The van der Waals surface area contributed by atoms with Crippen LogP contribution in [0.3, 0.4) is 0 Å². The molecule has 1 atom stereocenters. The quantitative estimate of drug-likeness (QED) is 0.859. The summed E-state index contributed by atoms with van der Waals surface area (Å²) in [6, 6.07) is 4.27. The number of hydrogen-bond acceptors (Lipinski definition) is 2. The molecule has 0 spiro atoms. The van der Waals surface area contributed by atoms with Gasteiger partial charge in [0.25, 0.3) is 0 Å². The minimum Gasteiger partial charge on any atom is -0.478 e. The molecule has 0 radical (unpaired) electrons. The van der Waals surface area contributed by atoms with E-state index in [4.69, 9.17) is 5.11 Å². The van der Waals surface area contributed by atoms with Gasteiger partial charge in [0, 0.05) is 18.2 Å². The lowest BCUT2D eigenvalue weighted by atomic mass is 9.99. The third kappa shape index (κ3) is 3.53. The zero-order chi connectivity index (χ0) is 13.8. The van der Waals surface area contributed by atoms with Crippen LogP contribution in [-0.2, 0) is 6.54 Å². The highest BCUT2D eigenvalue weighted by atomic mass is 19.1. The minimum absolute atomic E-state index is 0.131. The molecule has 0 bridgehead atoms. The molecule has 104 valence electrons. The monoisotopic (exact) mass is 265 g/mol. The van der Waals surface area contributed by atoms with Crippen LogP contribution in [0.2, 0.25) is 0 Å². The molecule has 2 N–H and O–H groups in total. The summed E-state index contributed by atoms with van der Waals surface area (Å²) in [5.41, 5.74) is 0.552. The van der Waals surface area contributed by atoms with Gasteiger partial charge in [-0.05, 0) is 43.9 Å². The zero-order valence-electron chi connectivity index (χ0n) is 11.2. The third-order valence-electron chi connectivity index (χ3n) is 4.01. The maximum absolute atomic E-state index is 13.6. The molecule has 3 nitrogen and oxygen atoms in total. The van der Waals surface area contributed by atoms with Gasteiger partial charge in [0.1, 0.15) is 5.82 Å². The van der Waals surface area contributed by atoms with Crippen LogP contribution < -0.4 is 5.32 Å². The largest absolute Gasteiger partial charge is 0.478 e. The molecule has 0 aromatic heterocycles. The van der Waals surface area contributed by atoms with E-state index in [9.17, 15) is 9.18 Å². The Morgan fingerprint density at radius 3 is 2.79 bits per heavy atom. The smallest absolute Gasteiger partial charge is 0.335 e. The Hall–Kier alpha value is -1.42. The summed E-state index contributed by atoms with van der Waals surface area (Å²) in [4.78, 5) is 10.9. The van der Waals surface area contributed by atoms with Crippen LogP contribution in [0.25, 0.3) is 0 Å². The minimum atomic E-state index is -1.02. The molecule has 1 aromatic rings.